The lowest BCUT2D eigenvalue weighted by Crippen LogP contribution is -2.03. The topological polar surface area (TPSA) is 48.1 Å². The van der Waals surface area contributed by atoms with E-state index < -0.39 is 0 Å². The second-order valence-electron chi connectivity index (χ2n) is 4.06. The molecule has 0 aliphatic carbocycles. The molecule has 0 saturated heterocycles. The van der Waals surface area contributed by atoms with Crippen LogP contribution in [0.4, 0.5) is 4.39 Å². The first-order chi connectivity index (χ1) is 8.69. The van der Waals surface area contributed by atoms with Gasteiger partial charge in [0.2, 0.25) is 5.88 Å². The van der Waals surface area contributed by atoms with Gasteiger partial charge in [-0.1, -0.05) is 6.07 Å². The summed E-state index contributed by atoms with van der Waals surface area (Å²) in [4.78, 5) is 4.22. The average Bonchev–Trinajstić information content (AvgIpc) is 2.33. The molecule has 0 spiro atoms. The highest BCUT2D eigenvalue weighted by Crippen LogP contribution is 2.23. The lowest BCUT2D eigenvalue weighted by molar-refractivity contribution is 0.454. The summed E-state index contributed by atoms with van der Waals surface area (Å²) in [6, 6.07) is 7.97. The number of ether oxygens (including phenoxy) is 1. The van der Waals surface area contributed by atoms with Gasteiger partial charge in [-0.3, -0.25) is 0 Å². The summed E-state index contributed by atoms with van der Waals surface area (Å²) >= 11 is 0. The summed E-state index contributed by atoms with van der Waals surface area (Å²) in [6.45, 7) is 2.49. The number of hydrogen-bond acceptors (Lipinski definition) is 3. The van der Waals surface area contributed by atoms with E-state index in [1.807, 2.05) is 13.0 Å². The van der Waals surface area contributed by atoms with Gasteiger partial charge >= 0.3 is 0 Å². The fourth-order valence-electron chi connectivity index (χ4n) is 1.67. The first kappa shape index (κ1) is 12.5. The third-order valence-corrected chi connectivity index (χ3v) is 2.53. The minimum atomic E-state index is -0.329. The molecule has 0 aliphatic heterocycles. The van der Waals surface area contributed by atoms with Gasteiger partial charge in [-0.05, 0) is 43.7 Å². The first-order valence-corrected chi connectivity index (χ1v) is 5.78. The molecule has 0 aliphatic rings. The predicted octanol–water partition coefficient (Wildman–Crippen LogP) is 2.82. The Labute approximate surface area is 105 Å². The van der Waals surface area contributed by atoms with Gasteiger partial charge in [0.1, 0.15) is 11.6 Å². The summed E-state index contributed by atoms with van der Waals surface area (Å²) in [5.41, 5.74) is 7.47. The minimum Gasteiger partial charge on any atom is -0.439 e. The Morgan fingerprint density at radius 1 is 1.33 bits per heavy atom. The monoisotopic (exact) mass is 246 g/mol. The Morgan fingerprint density at radius 2 is 2.17 bits per heavy atom. The van der Waals surface area contributed by atoms with Crippen LogP contribution in [0.5, 0.6) is 11.6 Å². The van der Waals surface area contributed by atoms with Crippen LogP contribution >= 0.6 is 0 Å². The second kappa shape index (κ2) is 5.60. The fourth-order valence-corrected chi connectivity index (χ4v) is 1.67. The van der Waals surface area contributed by atoms with Crippen LogP contribution in [0.15, 0.2) is 36.5 Å². The van der Waals surface area contributed by atoms with Crippen LogP contribution in [0.2, 0.25) is 0 Å². The van der Waals surface area contributed by atoms with Gasteiger partial charge in [0.05, 0.1) is 0 Å². The van der Waals surface area contributed by atoms with E-state index in [1.54, 1.807) is 18.3 Å². The number of halogens is 1. The van der Waals surface area contributed by atoms with E-state index in [1.165, 1.54) is 12.1 Å². The number of nitrogens with zero attached hydrogens (tertiary/aromatic N) is 1. The summed E-state index contributed by atoms with van der Waals surface area (Å²) in [5, 5.41) is 0. The van der Waals surface area contributed by atoms with Crippen LogP contribution in [0, 0.1) is 12.7 Å². The zero-order valence-electron chi connectivity index (χ0n) is 10.2. The molecule has 1 heterocycles. The maximum absolute atomic E-state index is 13.0. The van der Waals surface area contributed by atoms with Crippen molar-refractivity contribution in [2.75, 3.05) is 6.54 Å². The molecule has 0 fully saturated rings. The number of hydrogen-bond donors (Lipinski definition) is 1. The Bertz CT molecular complexity index is 543. The first-order valence-electron chi connectivity index (χ1n) is 5.78. The summed E-state index contributed by atoms with van der Waals surface area (Å²) in [5.74, 6) is 0.600. The van der Waals surface area contributed by atoms with E-state index in [4.69, 9.17) is 10.5 Å². The molecule has 0 radical (unpaired) electrons. The van der Waals surface area contributed by atoms with E-state index in [2.05, 4.69) is 4.98 Å². The smallest absolute Gasteiger partial charge is 0.222 e. The zero-order valence-corrected chi connectivity index (χ0v) is 10.2. The van der Waals surface area contributed by atoms with Gasteiger partial charge in [0.25, 0.3) is 0 Å². The number of nitrogens with two attached hydrogens (primary N) is 1. The quantitative estimate of drug-likeness (QED) is 0.902. The molecule has 2 rings (SSSR count). The Morgan fingerprint density at radius 3 is 2.83 bits per heavy atom. The molecular weight excluding hydrogens is 231 g/mol. The van der Waals surface area contributed by atoms with Crippen molar-refractivity contribution in [1.82, 2.24) is 4.98 Å². The van der Waals surface area contributed by atoms with Crippen molar-refractivity contribution >= 4 is 0 Å². The molecule has 2 N–H and O–H groups in total. The largest absolute Gasteiger partial charge is 0.439 e. The van der Waals surface area contributed by atoms with Crippen molar-refractivity contribution in [2.24, 2.45) is 5.73 Å². The molecule has 94 valence electrons. The van der Waals surface area contributed by atoms with Gasteiger partial charge in [0, 0.05) is 17.8 Å². The van der Waals surface area contributed by atoms with Crippen molar-refractivity contribution in [3.05, 3.63) is 53.5 Å². The SMILES string of the molecule is Cc1cc(CCN)cnc1Oc1cccc(F)c1. The third-order valence-electron chi connectivity index (χ3n) is 2.53. The molecule has 2 aromatic rings. The van der Waals surface area contributed by atoms with Crippen molar-refractivity contribution in [1.29, 1.82) is 0 Å². The Kier molecular flexibility index (Phi) is 3.89. The van der Waals surface area contributed by atoms with Gasteiger partial charge in [-0.25, -0.2) is 9.37 Å². The number of rotatable bonds is 4. The van der Waals surface area contributed by atoms with Crippen molar-refractivity contribution in [3.63, 3.8) is 0 Å². The maximum Gasteiger partial charge on any atom is 0.222 e. The fraction of sp³-hybridized carbons (Fsp3) is 0.214. The van der Waals surface area contributed by atoms with Crippen LogP contribution in [-0.4, -0.2) is 11.5 Å². The molecule has 4 heteroatoms. The van der Waals surface area contributed by atoms with Crippen molar-refractivity contribution < 1.29 is 9.13 Å². The van der Waals surface area contributed by atoms with Crippen LogP contribution in [0.3, 0.4) is 0 Å². The van der Waals surface area contributed by atoms with Crippen LogP contribution in [-0.2, 0) is 6.42 Å². The lowest BCUT2D eigenvalue weighted by Gasteiger charge is -2.08. The van der Waals surface area contributed by atoms with Crippen molar-refractivity contribution in [3.8, 4) is 11.6 Å². The molecule has 1 aromatic heterocycles. The molecule has 0 amide bonds. The van der Waals surface area contributed by atoms with E-state index in [9.17, 15) is 4.39 Å². The zero-order chi connectivity index (χ0) is 13.0. The van der Waals surface area contributed by atoms with E-state index in [-0.39, 0.29) is 5.82 Å². The lowest BCUT2D eigenvalue weighted by atomic mass is 10.1. The van der Waals surface area contributed by atoms with E-state index in [0.29, 0.717) is 18.2 Å². The Hall–Kier alpha value is -1.94. The second-order valence-corrected chi connectivity index (χ2v) is 4.06. The highest BCUT2D eigenvalue weighted by Gasteiger charge is 2.05. The highest BCUT2D eigenvalue weighted by atomic mass is 19.1. The van der Waals surface area contributed by atoms with Gasteiger partial charge in [-0.2, -0.15) is 0 Å². The van der Waals surface area contributed by atoms with Crippen LogP contribution in [0.25, 0.3) is 0 Å². The van der Waals surface area contributed by atoms with E-state index >= 15 is 0 Å². The molecule has 1 aromatic carbocycles. The standard InChI is InChI=1S/C14H15FN2O/c1-10-7-11(5-6-16)9-17-14(10)18-13-4-2-3-12(15)8-13/h2-4,7-9H,5-6,16H2,1H3. The number of pyridine rings is 1. The molecule has 0 atom stereocenters. The van der Waals surface area contributed by atoms with Gasteiger partial charge in [-0.15, -0.1) is 0 Å². The van der Waals surface area contributed by atoms with Gasteiger partial charge < -0.3 is 10.5 Å². The highest BCUT2D eigenvalue weighted by molar-refractivity contribution is 5.33. The summed E-state index contributed by atoms with van der Waals surface area (Å²) in [6.07, 6.45) is 2.52. The summed E-state index contributed by atoms with van der Waals surface area (Å²) in [7, 11) is 0. The molecule has 3 nitrogen and oxygen atoms in total. The average molecular weight is 246 g/mol. The number of aromatic nitrogens is 1. The minimum absolute atomic E-state index is 0.329. The van der Waals surface area contributed by atoms with Crippen molar-refractivity contribution in [2.45, 2.75) is 13.3 Å². The summed E-state index contributed by atoms with van der Waals surface area (Å²) < 4.78 is 18.6. The predicted molar refractivity (Wildman–Crippen MR) is 68.2 cm³/mol. The molecule has 18 heavy (non-hydrogen) atoms. The van der Waals surface area contributed by atoms with E-state index in [0.717, 1.165) is 17.5 Å². The third kappa shape index (κ3) is 3.05. The van der Waals surface area contributed by atoms with Gasteiger partial charge in [0.15, 0.2) is 0 Å². The Balaban J connectivity index is 2.19. The molecule has 0 bridgehead atoms. The normalized spacial score (nSPS) is 10.4. The number of benzene rings is 1. The van der Waals surface area contributed by atoms with Crippen LogP contribution < -0.4 is 10.5 Å². The molecule has 0 unspecified atom stereocenters. The van der Waals surface area contributed by atoms with Crippen LogP contribution in [0.1, 0.15) is 11.1 Å². The molecule has 0 saturated carbocycles. The number of aryl methyl sites for hydroxylation is 1. The molecular formula is C14H15FN2O. The maximum atomic E-state index is 13.0.